The van der Waals surface area contributed by atoms with E-state index in [1.165, 1.54) is 25.3 Å². The first-order valence-corrected chi connectivity index (χ1v) is 7.10. The fourth-order valence-corrected chi connectivity index (χ4v) is 2.56. The van der Waals surface area contributed by atoms with Crippen LogP contribution in [-0.2, 0) is 10.0 Å². The second-order valence-electron chi connectivity index (χ2n) is 3.35. The zero-order valence-electron chi connectivity index (χ0n) is 9.52. The number of benzene rings is 1. The molecule has 2 aromatic rings. The molecule has 102 valence electrons. The summed E-state index contributed by atoms with van der Waals surface area (Å²) in [6.45, 7) is 0. The number of H-pyrrole nitrogens is 1. The quantitative estimate of drug-likeness (QED) is 0.896. The number of aromatic amines is 1. The lowest BCUT2D eigenvalue weighted by atomic mass is 10.4. The van der Waals surface area contributed by atoms with E-state index < -0.39 is 10.0 Å². The van der Waals surface area contributed by atoms with Gasteiger partial charge in [0.15, 0.2) is 0 Å². The lowest BCUT2D eigenvalue weighted by Crippen LogP contribution is -2.14. The van der Waals surface area contributed by atoms with Crippen molar-refractivity contribution >= 4 is 39.2 Å². The number of methoxy groups -OCH3 is 1. The fourth-order valence-electron chi connectivity index (χ4n) is 1.21. The number of aromatic nitrogens is 3. The molecule has 0 aliphatic rings. The normalized spacial score (nSPS) is 11.3. The minimum atomic E-state index is -3.83. The van der Waals surface area contributed by atoms with E-state index in [1.807, 2.05) is 0 Å². The summed E-state index contributed by atoms with van der Waals surface area (Å²) in [5.74, 6) is -0.0667. The zero-order chi connectivity index (χ0) is 14.0. The maximum absolute atomic E-state index is 12.0. The third-order valence-corrected chi connectivity index (χ3v) is 4.16. The molecule has 0 radical (unpaired) electrons. The summed E-state index contributed by atoms with van der Waals surface area (Å²) in [4.78, 5) is 3.70. The highest BCUT2D eigenvalue weighted by atomic mass is 35.5. The van der Waals surface area contributed by atoms with Gasteiger partial charge in [-0.1, -0.05) is 23.2 Å². The fraction of sp³-hybridized carbons (Fsp3) is 0.111. The van der Waals surface area contributed by atoms with Crippen LogP contribution >= 0.6 is 23.2 Å². The van der Waals surface area contributed by atoms with Crippen molar-refractivity contribution in [3.8, 4) is 6.01 Å². The molecule has 0 saturated heterocycles. The average Bonchev–Trinajstić information content (AvgIpc) is 2.79. The predicted octanol–water partition coefficient (Wildman–Crippen LogP) is 1.92. The van der Waals surface area contributed by atoms with Crippen molar-refractivity contribution in [1.29, 1.82) is 0 Å². The lowest BCUT2D eigenvalue weighted by molar-refractivity contribution is 0.382. The molecule has 2 N–H and O–H groups in total. The third kappa shape index (κ3) is 3.09. The summed E-state index contributed by atoms with van der Waals surface area (Å²) in [6.07, 6.45) is 0. The highest BCUT2D eigenvalue weighted by Crippen LogP contribution is 2.25. The first-order chi connectivity index (χ1) is 8.92. The molecule has 0 spiro atoms. The number of nitrogens with zero attached hydrogens (tertiary/aromatic N) is 2. The Bertz CT molecular complexity index is 701. The van der Waals surface area contributed by atoms with Crippen LogP contribution in [0.25, 0.3) is 0 Å². The van der Waals surface area contributed by atoms with E-state index in [2.05, 4.69) is 19.9 Å². The molecule has 19 heavy (non-hydrogen) atoms. The molecule has 0 amide bonds. The van der Waals surface area contributed by atoms with Crippen molar-refractivity contribution in [2.75, 3.05) is 11.8 Å². The highest BCUT2D eigenvalue weighted by molar-refractivity contribution is 7.92. The number of rotatable bonds is 4. The number of hydrogen-bond donors (Lipinski definition) is 2. The first kappa shape index (κ1) is 13.9. The molecule has 0 aliphatic carbocycles. The number of ether oxygens (including phenoxy) is 1. The number of anilines is 1. The van der Waals surface area contributed by atoms with E-state index in [0.29, 0.717) is 0 Å². The van der Waals surface area contributed by atoms with Crippen molar-refractivity contribution in [2.24, 2.45) is 0 Å². The number of sulfonamides is 1. The van der Waals surface area contributed by atoms with Gasteiger partial charge < -0.3 is 4.74 Å². The largest absolute Gasteiger partial charge is 0.466 e. The zero-order valence-corrected chi connectivity index (χ0v) is 11.8. The van der Waals surface area contributed by atoms with Gasteiger partial charge in [0, 0.05) is 0 Å². The molecule has 10 heteroatoms. The Morgan fingerprint density at radius 1 is 1.32 bits per heavy atom. The van der Waals surface area contributed by atoms with Crippen LogP contribution in [-0.4, -0.2) is 30.7 Å². The average molecular weight is 323 g/mol. The van der Waals surface area contributed by atoms with Gasteiger partial charge in [-0.15, -0.1) is 5.10 Å². The van der Waals surface area contributed by atoms with E-state index in [9.17, 15) is 8.42 Å². The minimum absolute atomic E-state index is 0.0202. The van der Waals surface area contributed by atoms with Crippen molar-refractivity contribution in [3.05, 3.63) is 28.2 Å². The molecule has 2 rings (SSSR count). The van der Waals surface area contributed by atoms with Crippen LogP contribution in [0.1, 0.15) is 0 Å². The molecule has 0 unspecified atom stereocenters. The van der Waals surface area contributed by atoms with Gasteiger partial charge in [0.25, 0.3) is 10.0 Å². The number of hydrogen-bond acceptors (Lipinski definition) is 5. The van der Waals surface area contributed by atoms with Gasteiger partial charge in [-0.3, -0.25) is 0 Å². The van der Waals surface area contributed by atoms with Crippen molar-refractivity contribution in [3.63, 3.8) is 0 Å². The standard InChI is InChI=1S/C9H8Cl2N4O3S/c1-18-9-12-8(13-14-9)15-19(16,17)5-2-3-6(10)7(11)4-5/h2-4H,1H3,(H2,12,13,14,15). The van der Waals surface area contributed by atoms with Gasteiger partial charge in [-0.05, 0) is 18.2 Å². The summed E-state index contributed by atoms with van der Waals surface area (Å²) in [7, 11) is -2.47. The van der Waals surface area contributed by atoms with E-state index >= 15 is 0 Å². The Balaban J connectivity index is 2.29. The van der Waals surface area contributed by atoms with Crippen LogP contribution in [0.2, 0.25) is 10.0 Å². The first-order valence-electron chi connectivity index (χ1n) is 4.86. The van der Waals surface area contributed by atoms with E-state index in [0.717, 1.165) is 0 Å². The minimum Gasteiger partial charge on any atom is -0.466 e. The highest BCUT2D eigenvalue weighted by Gasteiger charge is 2.17. The number of nitrogens with one attached hydrogen (secondary N) is 2. The summed E-state index contributed by atoms with van der Waals surface area (Å²) in [5, 5.41) is 6.39. The van der Waals surface area contributed by atoms with Crippen molar-refractivity contribution in [2.45, 2.75) is 4.90 Å². The van der Waals surface area contributed by atoms with Gasteiger partial charge in [0.05, 0.1) is 22.1 Å². The van der Waals surface area contributed by atoms with Gasteiger partial charge in [-0.2, -0.15) is 4.98 Å². The Morgan fingerprint density at radius 2 is 2.05 bits per heavy atom. The Morgan fingerprint density at radius 3 is 2.63 bits per heavy atom. The maximum atomic E-state index is 12.0. The van der Waals surface area contributed by atoms with Crippen LogP contribution < -0.4 is 9.46 Å². The Kier molecular flexibility index (Phi) is 3.83. The second-order valence-corrected chi connectivity index (χ2v) is 5.85. The van der Waals surface area contributed by atoms with E-state index in [-0.39, 0.29) is 26.9 Å². The van der Waals surface area contributed by atoms with E-state index in [4.69, 9.17) is 27.9 Å². The summed E-state index contributed by atoms with van der Waals surface area (Å²) < 4.78 is 31.0. The molecule has 0 bridgehead atoms. The number of halogens is 2. The molecule has 1 heterocycles. The molecule has 1 aromatic carbocycles. The van der Waals surface area contributed by atoms with Gasteiger partial charge in [0.2, 0.25) is 5.95 Å². The molecule has 1 aromatic heterocycles. The third-order valence-electron chi connectivity index (χ3n) is 2.08. The molecular formula is C9H8Cl2N4O3S. The second kappa shape index (κ2) is 5.24. The van der Waals surface area contributed by atoms with Gasteiger partial charge in [0.1, 0.15) is 0 Å². The molecule has 0 saturated carbocycles. The van der Waals surface area contributed by atoms with Crippen LogP contribution in [0.4, 0.5) is 5.95 Å². The van der Waals surface area contributed by atoms with Crippen molar-refractivity contribution < 1.29 is 13.2 Å². The molecule has 0 aliphatic heterocycles. The van der Waals surface area contributed by atoms with Gasteiger partial charge >= 0.3 is 6.01 Å². The monoisotopic (exact) mass is 322 g/mol. The summed E-state index contributed by atoms with van der Waals surface area (Å²) >= 11 is 11.5. The molecular weight excluding hydrogens is 315 g/mol. The smallest absolute Gasteiger partial charge is 0.336 e. The Hall–Kier alpha value is -1.51. The van der Waals surface area contributed by atoms with Crippen LogP contribution in [0.15, 0.2) is 23.1 Å². The molecule has 0 atom stereocenters. The van der Waals surface area contributed by atoms with E-state index in [1.54, 1.807) is 0 Å². The summed E-state index contributed by atoms with van der Waals surface area (Å²) in [5.41, 5.74) is 0. The van der Waals surface area contributed by atoms with Crippen LogP contribution in [0.5, 0.6) is 6.01 Å². The lowest BCUT2D eigenvalue weighted by Gasteiger charge is -2.05. The van der Waals surface area contributed by atoms with Gasteiger partial charge in [-0.25, -0.2) is 18.2 Å². The Labute approximate surface area is 119 Å². The molecule has 0 fully saturated rings. The molecule has 7 nitrogen and oxygen atoms in total. The van der Waals surface area contributed by atoms with Crippen molar-refractivity contribution in [1.82, 2.24) is 15.2 Å². The topological polar surface area (TPSA) is 97.0 Å². The van der Waals surface area contributed by atoms with Crippen LogP contribution in [0.3, 0.4) is 0 Å². The SMILES string of the molecule is COc1n[nH]c(NS(=O)(=O)c2ccc(Cl)c(Cl)c2)n1. The van der Waals surface area contributed by atoms with Crippen LogP contribution in [0, 0.1) is 0 Å². The predicted molar refractivity (Wildman–Crippen MR) is 70.2 cm³/mol. The summed E-state index contributed by atoms with van der Waals surface area (Å²) in [6, 6.07) is 3.97. The maximum Gasteiger partial charge on any atom is 0.336 e.